The zero-order valence-corrected chi connectivity index (χ0v) is 25.3. The van der Waals surface area contributed by atoms with E-state index in [1.807, 2.05) is 20.8 Å². The van der Waals surface area contributed by atoms with Crippen molar-refractivity contribution in [3.63, 3.8) is 0 Å². The molecule has 0 bridgehead atoms. The molecule has 214 valence electrons. The number of halogens is 2. The van der Waals surface area contributed by atoms with Crippen LogP contribution in [0, 0.1) is 0 Å². The Balaban J connectivity index is 2.07. The molecule has 0 fully saturated rings. The zero-order valence-electron chi connectivity index (χ0n) is 23.0. The van der Waals surface area contributed by atoms with Gasteiger partial charge in [0.2, 0.25) is 11.8 Å². The highest BCUT2D eigenvalue weighted by Gasteiger charge is 2.33. The second-order valence-corrected chi connectivity index (χ2v) is 13.0. The topological polar surface area (TPSA) is 96.0 Å². The van der Waals surface area contributed by atoms with Gasteiger partial charge >= 0.3 is 0 Å². The van der Waals surface area contributed by atoms with E-state index < -0.39 is 34.1 Å². The first-order valence-electron chi connectivity index (χ1n) is 12.5. The van der Waals surface area contributed by atoms with Crippen LogP contribution in [0.3, 0.4) is 0 Å². The predicted molar refractivity (Wildman–Crippen MR) is 158 cm³/mol. The molecule has 3 rings (SSSR count). The first kappa shape index (κ1) is 31.3. The molecule has 8 nitrogen and oxygen atoms in total. The minimum Gasteiger partial charge on any atom is -0.497 e. The molecule has 0 aliphatic carbocycles. The fraction of sp³-hybridized carbons (Fsp3) is 0.310. The highest BCUT2D eigenvalue weighted by atomic mass is 35.5. The van der Waals surface area contributed by atoms with E-state index in [0.29, 0.717) is 11.3 Å². The Morgan fingerprint density at radius 1 is 0.950 bits per heavy atom. The normalized spacial score (nSPS) is 12.4. The average Bonchev–Trinajstić information content (AvgIpc) is 2.88. The summed E-state index contributed by atoms with van der Waals surface area (Å²) in [5.74, 6) is -0.402. The molecule has 1 atom stereocenters. The van der Waals surface area contributed by atoms with Gasteiger partial charge in [0.1, 0.15) is 18.3 Å². The van der Waals surface area contributed by atoms with Gasteiger partial charge in [-0.3, -0.25) is 13.9 Å². The molecule has 3 aromatic carbocycles. The number of carbonyl (C=O) groups excluding carboxylic acids is 2. The van der Waals surface area contributed by atoms with Crippen LogP contribution in [0.15, 0.2) is 77.7 Å². The molecule has 0 unspecified atom stereocenters. The summed E-state index contributed by atoms with van der Waals surface area (Å²) in [6.45, 7) is 6.54. The standard InChI is InChI=1S/C29H33Cl2N3O5S/c1-20(28(36)32-29(2,3)4)33(18-21-10-9-11-25(14-21)39-5)27(35)19-34(24-16-22(30)15-23(31)17-24)40(37,38)26-12-7-6-8-13-26/h6-17,20H,18-19H2,1-5H3,(H,32,36)/t20-/m1/s1. The third kappa shape index (κ3) is 8.13. The van der Waals surface area contributed by atoms with Crippen LogP contribution in [-0.2, 0) is 26.2 Å². The van der Waals surface area contributed by atoms with Gasteiger partial charge in [0.25, 0.3) is 10.0 Å². The lowest BCUT2D eigenvalue weighted by Crippen LogP contribution is -2.54. The van der Waals surface area contributed by atoms with Gasteiger partial charge in [-0.25, -0.2) is 8.42 Å². The maximum absolute atomic E-state index is 14.0. The van der Waals surface area contributed by atoms with Gasteiger partial charge in [0.15, 0.2) is 0 Å². The molecule has 3 aromatic rings. The van der Waals surface area contributed by atoms with Gasteiger partial charge in [-0.1, -0.05) is 53.5 Å². The largest absolute Gasteiger partial charge is 0.497 e. The number of anilines is 1. The van der Waals surface area contributed by atoms with E-state index in [0.717, 1.165) is 4.31 Å². The second-order valence-electron chi connectivity index (χ2n) is 10.2. The lowest BCUT2D eigenvalue weighted by atomic mass is 10.1. The van der Waals surface area contributed by atoms with E-state index in [2.05, 4.69) is 5.32 Å². The molecule has 40 heavy (non-hydrogen) atoms. The van der Waals surface area contributed by atoms with Crippen LogP contribution in [0.1, 0.15) is 33.3 Å². The number of methoxy groups -OCH3 is 1. The predicted octanol–water partition coefficient (Wildman–Crippen LogP) is 5.53. The molecule has 0 spiro atoms. The lowest BCUT2D eigenvalue weighted by Gasteiger charge is -2.33. The Morgan fingerprint density at radius 3 is 2.15 bits per heavy atom. The van der Waals surface area contributed by atoms with Crippen LogP contribution in [0.2, 0.25) is 10.0 Å². The summed E-state index contributed by atoms with van der Waals surface area (Å²) in [5.41, 5.74) is 0.269. The van der Waals surface area contributed by atoms with Gasteiger partial charge in [-0.2, -0.15) is 0 Å². The number of ether oxygens (including phenoxy) is 1. The van der Waals surface area contributed by atoms with Gasteiger partial charge < -0.3 is 15.0 Å². The molecule has 0 aliphatic heterocycles. The van der Waals surface area contributed by atoms with Crippen LogP contribution in [0.25, 0.3) is 0 Å². The molecule has 0 saturated carbocycles. The Kier molecular flexibility index (Phi) is 10.1. The van der Waals surface area contributed by atoms with Crippen molar-refractivity contribution < 1.29 is 22.7 Å². The van der Waals surface area contributed by atoms with Crippen molar-refractivity contribution in [3.8, 4) is 5.75 Å². The summed E-state index contributed by atoms with van der Waals surface area (Å²) in [6.07, 6.45) is 0. The van der Waals surface area contributed by atoms with E-state index in [9.17, 15) is 18.0 Å². The van der Waals surface area contributed by atoms with Crippen molar-refractivity contribution in [1.82, 2.24) is 10.2 Å². The highest BCUT2D eigenvalue weighted by Crippen LogP contribution is 2.30. The van der Waals surface area contributed by atoms with Crippen molar-refractivity contribution >= 4 is 50.7 Å². The van der Waals surface area contributed by atoms with Crippen LogP contribution in [0.5, 0.6) is 5.75 Å². The van der Waals surface area contributed by atoms with E-state index in [-0.39, 0.29) is 33.1 Å². The fourth-order valence-corrected chi connectivity index (χ4v) is 5.89. The summed E-state index contributed by atoms with van der Waals surface area (Å²) in [7, 11) is -2.69. The molecule has 1 N–H and O–H groups in total. The molecule has 11 heteroatoms. The number of carbonyl (C=O) groups is 2. The highest BCUT2D eigenvalue weighted by molar-refractivity contribution is 7.92. The van der Waals surface area contributed by atoms with Crippen LogP contribution < -0.4 is 14.4 Å². The molecule has 0 saturated heterocycles. The summed E-state index contributed by atoms with van der Waals surface area (Å²) < 4.78 is 33.9. The third-order valence-corrected chi connectivity index (χ3v) is 8.12. The second kappa shape index (κ2) is 12.9. The first-order valence-corrected chi connectivity index (χ1v) is 14.7. The molecule has 0 aromatic heterocycles. The monoisotopic (exact) mass is 605 g/mol. The minimum atomic E-state index is -4.23. The minimum absolute atomic E-state index is 0.0169. The van der Waals surface area contributed by atoms with Gasteiger partial charge in [-0.05, 0) is 75.7 Å². The number of hydrogen-bond acceptors (Lipinski definition) is 5. The number of benzene rings is 3. The maximum atomic E-state index is 14.0. The van der Waals surface area contributed by atoms with Gasteiger partial charge in [0, 0.05) is 22.1 Å². The SMILES string of the molecule is COc1cccc(CN(C(=O)CN(c2cc(Cl)cc(Cl)c2)S(=O)(=O)c2ccccc2)[C@H](C)C(=O)NC(C)(C)C)c1. The molecule has 0 heterocycles. The molecule has 2 amide bonds. The smallest absolute Gasteiger partial charge is 0.264 e. The summed E-state index contributed by atoms with van der Waals surface area (Å²) in [6, 6.07) is 18.2. The van der Waals surface area contributed by atoms with Gasteiger partial charge in [0.05, 0.1) is 17.7 Å². The zero-order chi connectivity index (χ0) is 29.7. The van der Waals surface area contributed by atoms with Crippen molar-refractivity contribution in [3.05, 3.63) is 88.4 Å². The average molecular weight is 607 g/mol. The number of amides is 2. The lowest BCUT2D eigenvalue weighted by molar-refractivity contribution is -0.140. The maximum Gasteiger partial charge on any atom is 0.264 e. The van der Waals surface area contributed by atoms with E-state index in [4.69, 9.17) is 27.9 Å². The van der Waals surface area contributed by atoms with Crippen molar-refractivity contribution in [2.24, 2.45) is 0 Å². The van der Waals surface area contributed by atoms with Crippen molar-refractivity contribution in [1.29, 1.82) is 0 Å². The molecule has 0 radical (unpaired) electrons. The van der Waals surface area contributed by atoms with Crippen LogP contribution in [-0.4, -0.2) is 50.4 Å². The first-order chi connectivity index (χ1) is 18.7. The fourth-order valence-electron chi connectivity index (χ4n) is 3.96. The number of nitrogens with one attached hydrogen (secondary N) is 1. The summed E-state index contributed by atoms with van der Waals surface area (Å²) in [5, 5.41) is 3.30. The van der Waals surface area contributed by atoms with Crippen molar-refractivity contribution in [2.75, 3.05) is 18.0 Å². The third-order valence-electron chi connectivity index (χ3n) is 5.90. The van der Waals surface area contributed by atoms with Crippen LogP contribution in [0.4, 0.5) is 5.69 Å². The van der Waals surface area contributed by atoms with Crippen LogP contribution >= 0.6 is 23.2 Å². The van der Waals surface area contributed by atoms with Crippen molar-refractivity contribution in [2.45, 2.75) is 50.7 Å². The Morgan fingerprint density at radius 2 is 1.57 bits per heavy atom. The quantitative estimate of drug-likeness (QED) is 0.328. The van der Waals surface area contributed by atoms with E-state index in [1.54, 1.807) is 49.4 Å². The molecular formula is C29H33Cl2N3O5S. The number of hydrogen-bond donors (Lipinski definition) is 1. The summed E-state index contributed by atoms with van der Waals surface area (Å²) >= 11 is 12.4. The molecular weight excluding hydrogens is 573 g/mol. The Bertz CT molecular complexity index is 1440. The Hall–Kier alpha value is -3.27. The van der Waals surface area contributed by atoms with E-state index in [1.165, 1.54) is 42.3 Å². The Labute approximate surface area is 245 Å². The number of nitrogens with zero attached hydrogens (tertiary/aromatic N) is 2. The molecule has 0 aliphatic rings. The number of rotatable bonds is 10. The number of sulfonamides is 1. The van der Waals surface area contributed by atoms with E-state index >= 15 is 0 Å². The summed E-state index contributed by atoms with van der Waals surface area (Å²) in [4.78, 5) is 28.5. The van der Waals surface area contributed by atoms with Gasteiger partial charge in [-0.15, -0.1) is 0 Å².